The van der Waals surface area contributed by atoms with E-state index in [1.807, 2.05) is 39.8 Å². The molecule has 4 N–H and O–H groups in total. The Bertz CT molecular complexity index is 2900. The molecule has 448 valence electrons. The Morgan fingerprint density at radius 3 is 1.15 bits per heavy atom. The lowest BCUT2D eigenvalue weighted by molar-refractivity contribution is 0.00578. The number of hydrogen-bond donors (Lipinski definition) is 4. The monoisotopic (exact) mass is 1210 g/mol. The minimum absolute atomic E-state index is 0.0321. The van der Waals surface area contributed by atoms with E-state index in [4.69, 9.17) is 37.7 Å². The molecule has 4 aromatic rings. The molecule has 1 saturated heterocycles. The SMILES string of the molecule is CCOC(=O)Nc1ccc(N(Cc2ccc(B3OC(C)(C)C(C)(C)O3)cc2)C(=O)OC(C)(C)C)c(F)c1NC(=O)OC(C)(C)C.CCOC(=O)Nc1ccc(N(Cc2ccc(Br)cc2)C(=O)OC(C)(C)C)c(F)c1NC(=O)OC(C)(C)C. The molecule has 24 heteroatoms. The zero-order valence-corrected chi connectivity index (χ0v) is 51.7. The third-order valence-electron chi connectivity index (χ3n) is 11.4. The number of anilines is 6. The number of carbonyl (C=O) groups is 6. The minimum atomic E-state index is -1.00. The minimum Gasteiger partial charge on any atom is -0.450 e. The molecule has 1 aliphatic heterocycles. The van der Waals surface area contributed by atoms with Crippen molar-refractivity contribution in [2.45, 2.75) is 171 Å². The highest BCUT2D eigenvalue weighted by Gasteiger charge is 2.51. The predicted molar refractivity (Wildman–Crippen MR) is 315 cm³/mol. The van der Waals surface area contributed by atoms with E-state index in [1.54, 1.807) is 133 Å². The Balaban J connectivity index is 0.000000360. The van der Waals surface area contributed by atoms with Gasteiger partial charge in [0.05, 0.1) is 60.3 Å². The lowest BCUT2D eigenvalue weighted by Crippen LogP contribution is -2.41. The highest BCUT2D eigenvalue weighted by molar-refractivity contribution is 9.10. The number of rotatable bonds is 13. The third kappa shape index (κ3) is 20.4. The smallest absolute Gasteiger partial charge is 0.450 e. The van der Waals surface area contributed by atoms with Gasteiger partial charge in [-0.2, -0.15) is 0 Å². The summed E-state index contributed by atoms with van der Waals surface area (Å²) in [5, 5.41) is 9.53. The van der Waals surface area contributed by atoms with Crippen LogP contribution < -0.4 is 36.5 Å². The van der Waals surface area contributed by atoms with Crippen LogP contribution in [0.2, 0.25) is 0 Å². The fraction of sp³-hybridized carbons (Fsp3) is 0.483. The van der Waals surface area contributed by atoms with E-state index in [-0.39, 0.29) is 49.1 Å². The summed E-state index contributed by atoms with van der Waals surface area (Å²) < 4.78 is 77.1. The molecule has 0 saturated carbocycles. The summed E-state index contributed by atoms with van der Waals surface area (Å²) in [6.45, 7) is 31.2. The Morgan fingerprint density at radius 1 is 0.500 bits per heavy atom. The van der Waals surface area contributed by atoms with Crippen LogP contribution in [0.1, 0.15) is 136 Å². The van der Waals surface area contributed by atoms with Crippen LogP contribution in [-0.4, -0.2) is 90.5 Å². The van der Waals surface area contributed by atoms with Crippen molar-refractivity contribution in [1.29, 1.82) is 0 Å². The molecule has 20 nitrogen and oxygen atoms in total. The van der Waals surface area contributed by atoms with E-state index in [0.29, 0.717) is 11.1 Å². The van der Waals surface area contributed by atoms with Crippen molar-refractivity contribution in [3.8, 4) is 0 Å². The van der Waals surface area contributed by atoms with Crippen LogP contribution in [0.4, 0.5) is 71.7 Å². The number of halogens is 3. The number of benzene rings is 4. The molecule has 0 radical (unpaired) electrons. The highest BCUT2D eigenvalue weighted by Crippen LogP contribution is 2.39. The second-order valence-electron chi connectivity index (χ2n) is 23.7. The Hall–Kier alpha value is -7.18. The van der Waals surface area contributed by atoms with Gasteiger partial charge in [-0.3, -0.25) is 31.1 Å². The van der Waals surface area contributed by atoms with Gasteiger partial charge in [0.2, 0.25) is 0 Å². The van der Waals surface area contributed by atoms with Crippen LogP contribution in [0.25, 0.3) is 0 Å². The van der Waals surface area contributed by atoms with E-state index >= 15 is 8.78 Å². The molecule has 1 heterocycles. The van der Waals surface area contributed by atoms with E-state index < -0.39 is 100 Å². The molecule has 82 heavy (non-hydrogen) atoms. The summed E-state index contributed by atoms with van der Waals surface area (Å²) >= 11 is 3.37. The average Bonchev–Trinajstić information content (AvgIpc) is 3.77. The summed E-state index contributed by atoms with van der Waals surface area (Å²) in [5.74, 6) is -1.99. The molecular weight excluding hydrogens is 1130 g/mol. The second-order valence-corrected chi connectivity index (χ2v) is 24.6. The second kappa shape index (κ2) is 27.3. The highest BCUT2D eigenvalue weighted by atomic mass is 79.9. The molecule has 0 aliphatic carbocycles. The molecule has 0 atom stereocenters. The standard InChI is InChI=1S/C32H45BFN3O8.C26H33BrFN3O6/c1-12-41-26(38)35-22-17-18-23(24(34)25(22)36-27(39)42-29(2,3)4)37(28(40)43-30(5,6)7)19-20-13-15-21(16-14-20)33-44-31(8,9)32(10,11)45-33;1-8-35-22(32)29-18-13-14-19(20(28)21(18)30-23(33)36-25(2,3)4)31(24(34)37-26(5,6)7)15-16-9-11-17(27)12-10-16/h13-18H,12,19H2,1-11H3,(H,35,38)(H,36,39);9-14H,8,15H2,1-7H3,(H,29,32)(H,30,33). The van der Waals surface area contributed by atoms with Crippen molar-refractivity contribution in [3.63, 3.8) is 0 Å². The van der Waals surface area contributed by atoms with Gasteiger partial charge in [-0.05, 0) is 178 Å². The fourth-order valence-corrected chi connectivity index (χ4v) is 7.47. The van der Waals surface area contributed by atoms with E-state index in [2.05, 4.69) is 37.2 Å². The van der Waals surface area contributed by atoms with Crippen LogP contribution in [0.15, 0.2) is 77.3 Å². The van der Waals surface area contributed by atoms with Crippen LogP contribution in [-0.2, 0) is 50.8 Å². The molecule has 0 bridgehead atoms. The van der Waals surface area contributed by atoms with Gasteiger partial charge in [-0.1, -0.05) is 52.3 Å². The largest absolute Gasteiger partial charge is 0.494 e. The molecular formula is C58H78BBrF2N6O14. The van der Waals surface area contributed by atoms with Crippen molar-refractivity contribution >= 4 is 99.2 Å². The molecule has 1 fully saturated rings. The van der Waals surface area contributed by atoms with Crippen molar-refractivity contribution in [2.24, 2.45) is 0 Å². The lowest BCUT2D eigenvalue weighted by Gasteiger charge is -2.32. The number of carbonyl (C=O) groups excluding carboxylic acids is 6. The lowest BCUT2D eigenvalue weighted by atomic mass is 9.79. The van der Waals surface area contributed by atoms with Gasteiger partial charge in [-0.25, -0.2) is 37.5 Å². The quantitative estimate of drug-likeness (QED) is 0.0721. The van der Waals surface area contributed by atoms with Crippen molar-refractivity contribution in [3.05, 3.63) is 100 Å². The van der Waals surface area contributed by atoms with Gasteiger partial charge in [-0.15, -0.1) is 0 Å². The summed E-state index contributed by atoms with van der Waals surface area (Å²) in [7, 11) is -0.579. The summed E-state index contributed by atoms with van der Waals surface area (Å²) in [5.41, 5.74) is -3.79. The number of amides is 6. The first-order valence-electron chi connectivity index (χ1n) is 26.4. The average molecular weight is 1210 g/mol. The normalized spacial score (nSPS) is 13.7. The summed E-state index contributed by atoms with van der Waals surface area (Å²) in [6, 6.07) is 19.7. The van der Waals surface area contributed by atoms with Crippen molar-refractivity contribution in [1.82, 2.24) is 0 Å². The van der Waals surface area contributed by atoms with Gasteiger partial charge < -0.3 is 37.7 Å². The number of hydrogen-bond acceptors (Lipinski definition) is 14. The van der Waals surface area contributed by atoms with E-state index in [0.717, 1.165) is 19.7 Å². The molecule has 5 rings (SSSR count). The number of nitrogens with one attached hydrogen (secondary N) is 4. The molecule has 0 aromatic heterocycles. The third-order valence-corrected chi connectivity index (χ3v) is 12.0. The molecule has 1 aliphatic rings. The number of ether oxygens (including phenoxy) is 6. The zero-order chi connectivity index (χ0) is 61.9. The summed E-state index contributed by atoms with van der Waals surface area (Å²) in [6.07, 6.45) is -5.25. The maximum atomic E-state index is 16.4. The van der Waals surface area contributed by atoms with Crippen molar-refractivity contribution in [2.75, 3.05) is 44.3 Å². The molecule has 4 aromatic carbocycles. The van der Waals surface area contributed by atoms with Gasteiger partial charge in [0, 0.05) is 4.47 Å². The fourth-order valence-electron chi connectivity index (χ4n) is 7.21. The maximum Gasteiger partial charge on any atom is 0.494 e. The first kappa shape index (κ1) is 67.3. The van der Waals surface area contributed by atoms with Crippen LogP contribution >= 0.6 is 15.9 Å². The van der Waals surface area contributed by atoms with Crippen LogP contribution in [0, 0.1) is 11.6 Å². The first-order chi connectivity index (χ1) is 37.7. The molecule has 6 amide bonds. The van der Waals surface area contributed by atoms with Crippen LogP contribution in [0.3, 0.4) is 0 Å². The Labute approximate surface area is 488 Å². The van der Waals surface area contributed by atoms with Crippen molar-refractivity contribution < 1.29 is 75.3 Å². The van der Waals surface area contributed by atoms with Crippen LogP contribution in [0.5, 0.6) is 0 Å². The Morgan fingerprint density at radius 2 is 0.829 bits per heavy atom. The van der Waals surface area contributed by atoms with E-state index in [9.17, 15) is 28.8 Å². The van der Waals surface area contributed by atoms with Gasteiger partial charge in [0.15, 0.2) is 11.6 Å². The Kier molecular flexibility index (Phi) is 22.4. The molecule has 0 unspecified atom stereocenters. The predicted octanol–water partition coefficient (Wildman–Crippen LogP) is 14.4. The number of nitrogens with zero attached hydrogens (tertiary/aromatic N) is 2. The van der Waals surface area contributed by atoms with Gasteiger partial charge in [0.25, 0.3) is 0 Å². The molecule has 0 spiro atoms. The first-order valence-corrected chi connectivity index (χ1v) is 27.2. The van der Waals surface area contributed by atoms with Gasteiger partial charge in [0.1, 0.15) is 33.8 Å². The summed E-state index contributed by atoms with van der Waals surface area (Å²) in [4.78, 5) is 78.4. The van der Waals surface area contributed by atoms with Gasteiger partial charge >= 0.3 is 43.7 Å². The zero-order valence-electron chi connectivity index (χ0n) is 50.1. The maximum absolute atomic E-state index is 16.4. The topological polar surface area (TPSA) is 231 Å². The van der Waals surface area contributed by atoms with E-state index in [1.165, 1.54) is 24.3 Å².